The van der Waals surface area contributed by atoms with Crippen molar-refractivity contribution in [1.29, 1.82) is 0 Å². The summed E-state index contributed by atoms with van der Waals surface area (Å²) in [5.41, 5.74) is 11.3. The van der Waals surface area contributed by atoms with Gasteiger partial charge in [0.25, 0.3) is 0 Å². The zero-order valence-electron chi connectivity index (χ0n) is 15.3. The van der Waals surface area contributed by atoms with E-state index in [0.29, 0.717) is 25.1 Å². The van der Waals surface area contributed by atoms with Gasteiger partial charge in [0.1, 0.15) is 0 Å². The number of aryl methyl sites for hydroxylation is 2. The molecular weight excluding hydrogens is 342 g/mol. The highest BCUT2D eigenvalue weighted by atomic mass is 16.5. The normalized spacial score (nSPS) is 18.4. The van der Waals surface area contributed by atoms with E-state index in [1.807, 2.05) is 12.1 Å². The fourth-order valence-corrected chi connectivity index (χ4v) is 3.75. The van der Waals surface area contributed by atoms with Gasteiger partial charge in [-0.3, -0.25) is 9.88 Å². The van der Waals surface area contributed by atoms with E-state index in [-0.39, 0.29) is 6.17 Å². The van der Waals surface area contributed by atoms with Crippen LogP contribution in [0, 0.1) is 13.8 Å². The van der Waals surface area contributed by atoms with Crippen LogP contribution in [0.5, 0.6) is 11.5 Å². The van der Waals surface area contributed by atoms with Crippen LogP contribution < -0.4 is 20.5 Å². The number of hydrogen-bond donors (Lipinski definition) is 2. The molecular formula is C20H21N5O2. The Balaban J connectivity index is 1.72. The molecule has 138 valence electrons. The Morgan fingerprint density at radius 3 is 2.67 bits per heavy atom. The number of imidazole rings is 1. The first-order chi connectivity index (χ1) is 13.1. The summed E-state index contributed by atoms with van der Waals surface area (Å²) in [6.45, 7) is 5.47. The predicted molar refractivity (Wildman–Crippen MR) is 105 cm³/mol. The van der Waals surface area contributed by atoms with Crippen molar-refractivity contribution in [3.8, 4) is 11.5 Å². The summed E-state index contributed by atoms with van der Waals surface area (Å²) >= 11 is 0. The van der Waals surface area contributed by atoms with Crippen molar-refractivity contribution in [2.45, 2.75) is 26.4 Å². The molecule has 2 aromatic carbocycles. The molecule has 7 nitrogen and oxygen atoms in total. The van der Waals surface area contributed by atoms with E-state index in [9.17, 15) is 0 Å². The number of anilines is 1. The van der Waals surface area contributed by atoms with Crippen LogP contribution in [0.3, 0.4) is 0 Å². The molecule has 0 spiro atoms. The molecule has 3 N–H and O–H groups in total. The van der Waals surface area contributed by atoms with Gasteiger partial charge < -0.3 is 15.2 Å². The number of rotatable bonds is 1. The summed E-state index contributed by atoms with van der Waals surface area (Å²) in [4.78, 5) is 9.39. The molecule has 1 aromatic heterocycles. The second-order valence-corrected chi connectivity index (χ2v) is 7.02. The molecule has 0 aliphatic carbocycles. The lowest BCUT2D eigenvalue weighted by molar-refractivity contribution is 0.297. The van der Waals surface area contributed by atoms with Gasteiger partial charge in [0.15, 0.2) is 23.6 Å². The maximum absolute atomic E-state index is 6.06. The van der Waals surface area contributed by atoms with Gasteiger partial charge in [0.2, 0.25) is 5.95 Å². The van der Waals surface area contributed by atoms with Gasteiger partial charge >= 0.3 is 0 Å². The predicted octanol–water partition coefficient (Wildman–Crippen LogP) is 3.10. The molecule has 5 rings (SSSR count). The van der Waals surface area contributed by atoms with Gasteiger partial charge in [0.05, 0.1) is 24.2 Å². The summed E-state index contributed by atoms with van der Waals surface area (Å²) in [5, 5.41) is 3.08. The second-order valence-electron chi connectivity index (χ2n) is 7.02. The lowest BCUT2D eigenvalue weighted by atomic mass is 10.0. The molecule has 27 heavy (non-hydrogen) atoms. The van der Waals surface area contributed by atoms with Crippen LogP contribution >= 0.6 is 0 Å². The molecule has 3 aromatic rings. The Morgan fingerprint density at radius 2 is 1.89 bits per heavy atom. The molecule has 3 heterocycles. The van der Waals surface area contributed by atoms with Crippen molar-refractivity contribution in [1.82, 2.24) is 9.55 Å². The minimum absolute atomic E-state index is 0.281. The maximum atomic E-state index is 6.06. The molecule has 2 aliphatic heterocycles. The third-order valence-electron chi connectivity index (χ3n) is 5.01. The first kappa shape index (κ1) is 16.0. The smallest absolute Gasteiger partial charge is 0.212 e. The zero-order chi connectivity index (χ0) is 18.5. The summed E-state index contributed by atoms with van der Waals surface area (Å²) < 4.78 is 13.7. The summed E-state index contributed by atoms with van der Waals surface area (Å²) in [6.07, 6.45) is 0.585. The van der Waals surface area contributed by atoms with Gasteiger partial charge in [-0.2, -0.15) is 0 Å². The topological polar surface area (TPSA) is 86.7 Å². The number of aliphatic imine (C=N–C) groups is 1. The Kier molecular flexibility index (Phi) is 3.50. The average Bonchev–Trinajstić information content (AvgIpc) is 2.81. The van der Waals surface area contributed by atoms with Gasteiger partial charge in [-0.1, -0.05) is 23.8 Å². The number of aromatic nitrogens is 2. The van der Waals surface area contributed by atoms with E-state index in [0.717, 1.165) is 34.5 Å². The molecule has 7 heteroatoms. The number of nitrogens with two attached hydrogens (primary N) is 1. The van der Waals surface area contributed by atoms with E-state index in [1.54, 1.807) is 0 Å². The molecule has 0 saturated heterocycles. The highest BCUT2D eigenvalue weighted by molar-refractivity contribution is 5.95. The first-order valence-electron chi connectivity index (χ1n) is 9.09. The number of nitrogens with zero attached hydrogens (tertiary/aromatic N) is 3. The van der Waals surface area contributed by atoms with Crippen molar-refractivity contribution in [3.05, 3.63) is 47.0 Å². The molecule has 0 amide bonds. The minimum Gasteiger partial charge on any atom is -0.489 e. The summed E-state index contributed by atoms with van der Waals surface area (Å²) in [7, 11) is 0. The number of benzene rings is 2. The van der Waals surface area contributed by atoms with Crippen molar-refractivity contribution in [2.75, 3.05) is 18.5 Å². The van der Waals surface area contributed by atoms with Gasteiger partial charge in [0, 0.05) is 18.6 Å². The first-order valence-corrected chi connectivity index (χ1v) is 9.09. The third-order valence-corrected chi connectivity index (χ3v) is 5.01. The fraction of sp³-hybridized carbons (Fsp3) is 0.300. The number of ether oxygens (including phenoxy) is 2. The van der Waals surface area contributed by atoms with E-state index in [4.69, 9.17) is 20.2 Å². The van der Waals surface area contributed by atoms with Crippen molar-refractivity contribution >= 4 is 22.9 Å². The van der Waals surface area contributed by atoms with Crippen molar-refractivity contribution in [3.63, 3.8) is 0 Å². The van der Waals surface area contributed by atoms with Crippen LogP contribution in [0.4, 0.5) is 5.95 Å². The van der Waals surface area contributed by atoms with Crippen LogP contribution in [0.25, 0.3) is 11.0 Å². The molecule has 0 radical (unpaired) electrons. The van der Waals surface area contributed by atoms with E-state index < -0.39 is 0 Å². The average molecular weight is 363 g/mol. The minimum atomic E-state index is -0.281. The van der Waals surface area contributed by atoms with Gasteiger partial charge in [-0.15, -0.1) is 0 Å². The molecule has 0 unspecified atom stereocenters. The highest BCUT2D eigenvalue weighted by Crippen LogP contribution is 2.39. The van der Waals surface area contributed by atoms with Crippen LogP contribution in [-0.2, 0) is 0 Å². The summed E-state index contributed by atoms with van der Waals surface area (Å²) in [5.74, 6) is 2.50. The zero-order valence-corrected chi connectivity index (χ0v) is 15.3. The highest BCUT2D eigenvalue weighted by Gasteiger charge is 2.27. The van der Waals surface area contributed by atoms with Crippen LogP contribution in [0.1, 0.15) is 29.3 Å². The van der Waals surface area contributed by atoms with E-state index in [1.165, 1.54) is 11.1 Å². The van der Waals surface area contributed by atoms with Crippen LogP contribution in [0.15, 0.2) is 35.3 Å². The standard InChI is InChI=1S/C20H21N5O2/c1-11-4-5-13(12(2)8-11)18-23-19(21)24-20-22-14-9-16-17(10-15(14)25(18)20)27-7-3-6-26-16/h4-5,8-10,18H,3,6-7H2,1-2H3,(H3,21,22,23,24)/t18-/m0/s1. The Labute approximate surface area is 156 Å². The van der Waals surface area contributed by atoms with E-state index >= 15 is 0 Å². The number of fused-ring (bicyclic) bond motifs is 4. The fourth-order valence-electron chi connectivity index (χ4n) is 3.75. The molecule has 0 saturated carbocycles. The molecule has 0 fully saturated rings. The lowest BCUT2D eigenvalue weighted by Gasteiger charge is -2.25. The molecule has 1 atom stereocenters. The Morgan fingerprint density at radius 1 is 1.11 bits per heavy atom. The number of nitrogens with one attached hydrogen (secondary N) is 1. The third kappa shape index (κ3) is 2.58. The summed E-state index contributed by atoms with van der Waals surface area (Å²) in [6, 6.07) is 10.3. The number of guanidine groups is 1. The largest absolute Gasteiger partial charge is 0.489 e. The SMILES string of the molecule is Cc1ccc([C@H]2N=C(N)Nc3nc4cc5c(cc4n32)OCCCO5)c(C)c1. The second kappa shape index (κ2) is 5.90. The van der Waals surface area contributed by atoms with Gasteiger partial charge in [-0.25, -0.2) is 9.98 Å². The Hall–Kier alpha value is -3.22. The quantitative estimate of drug-likeness (QED) is 0.694. The van der Waals surface area contributed by atoms with Crippen LogP contribution in [-0.4, -0.2) is 28.7 Å². The Bertz CT molecular complexity index is 1090. The number of hydrogen-bond acceptors (Lipinski definition) is 6. The van der Waals surface area contributed by atoms with Crippen LogP contribution in [0.2, 0.25) is 0 Å². The van der Waals surface area contributed by atoms with E-state index in [2.05, 4.69) is 46.9 Å². The van der Waals surface area contributed by atoms with Gasteiger partial charge in [-0.05, 0) is 25.0 Å². The monoisotopic (exact) mass is 363 g/mol. The van der Waals surface area contributed by atoms with Crippen molar-refractivity contribution in [2.24, 2.45) is 10.7 Å². The molecule has 2 aliphatic rings. The molecule has 0 bridgehead atoms. The lowest BCUT2D eigenvalue weighted by Crippen LogP contribution is -2.31. The maximum Gasteiger partial charge on any atom is 0.212 e. The van der Waals surface area contributed by atoms with Crippen molar-refractivity contribution < 1.29 is 9.47 Å².